The summed E-state index contributed by atoms with van der Waals surface area (Å²) in [5.41, 5.74) is 0. The molecule has 1 fully saturated rings. The average molecular weight is 339 g/mol. The van der Waals surface area contributed by atoms with E-state index in [0.717, 1.165) is 36.5 Å². The molecule has 0 bridgehead atoms. The molecule has 0 aliphatic carbocycles. The lowest BCUT2D eigenvalue weighted by atomic mass is 10.3. The number of hydrogen-bond acceptors (Lipinski definition) is 4. The number of anilines is 1. The number of nitrogens with zero attached hydrogens (tertiary/aromatic N) is 3. The van der Waals surface area contributed by atoms with Crippen molar-refractivity contribution in [1.82, 2.24) is 15.2 Å². The second kappa shape index (κ2) is 7.40. The van der Waals surface area contributed by atoms with Crippen molar-refractivity contribution in [2.75, 3.05) is 44.2 Å². The first-order valence-electron chi connectivity index (χ1n) is 6.65. The van der Waals surface area contributed by atoms with Gasteiger partial charge in [-0.15, -0.1) is 6.58 Å². The van der Waals surface area contributed by atoms with Gasteiger partial charge in [0.15, 0.2) is 0 Å². The molecular weight excluding hydrogens is 320 g/mol. The number of nitrogens with one attached hydrogen (secondary N) is 1. The molecule has 0 unspecified atom stereocenters. The molecule has 0 aromatic carbocycles. The van der Waals surface area contributed by atoms with Crippen molar-refractivity contribution in [2.45, 2.75) is 0 Å². The Labute approximate surface area is 127 Å². The smallest absolute Gasteiger partial charge is 0.234 e. The van der Waals surface area contributed by atoms with E-state index < -0.39 is 0 Å². The van der Waals surface area contributed by atoms with Crippen LogP contribution in [0.3, 0.4) is 0 Å². The third kappa shape index (κ3) is 4.31. The van der Waals surface area contributed by atoms with Gasteiger partial charge in [0.25, 0.3) is 0 Å². The largest absolute Gasteiger partial charge is 0.354 e. The molecule has 6 heteroatoms. The number of halogens is 1. The van der Waals surface area contributed by atoms with Crippen molar-refractivity contribution in [3.05, 3.63) is 35.5 Å². The van der Waals surface area contributed by atoms with E-state index in [9.17, 15) is 4.79 Å². The van der Waals surface area contributed by atoms with Gasteiger partial charge in [-0.1, -0.05) is 6.08 Å². The molecule has 1 aromatic rings. The summed E-state index contributed by atoms with van der Waals surface area (Å²) in [4.78, 5) is 20.4. The lowest BCUT2D eigenvalue weighted by Crippen LogP contribution is -2.49. The fraction of sp³-hybridized carbons (Fsp3) is 0.429. The van der Waals surface area contributed by atoms with Crippen LogP contribution < -0.4 is 10.2 Å². The fourth-order valence-electron chi connectivity index (χ4n) is 2.14. The quantitative estimate of drug-likeness (QED) is 0.821. The highest BCUT2D eigenvalue weighted by Gasteiger charge is 2.19. The molecule has 0 radical (unpaired) electrons. The monoisotopic (exact) mass is 338 g/mol. The molecule has 108 valence electrons. The highest BCUT2D eigenvalue weighted by molar-refractivity contribution is 9.10. The van der Waals surface area contributed by atoms with Gasteiger partial charge in [-0.25, -0.2) is 4.98 Å². The van der Waals surface area contributed by atoms with Crippen LogP contribution in [0.5, 0.6) is 0 Å². The number of pyridine rings is 1. The van der Waals surface area contributed by atoms with Gasteiger partial charge < -0.3 is 10.2 Å². The SMILES string of the molecule is C=CCNC(=O)CN1CCN(c2ccc(Br)cn2)CC1. The summed E-state index contributed by atoms with van der Waals surface area (Å²) < 4.78 is 0.985. The molecule has 0 spiro atoms. The van der Waals surface area contributed by atoms with E-state index in [-0.39, 0.29) is 5.91 Å². The zero-order chi connectivity index (χ0) is 14.4. The van der Waals surface area contributed by atoms with E-state index in [0.29, 0.717) is 13.1 Å². The standard InChI is InChI=1S/C14H19BrN4O/c1-2-5-16-14(20)11-18-6-8-19(9-7-18)13-4-3-12(15)10-17-13/h2-4,10H,1,5-9,11H2,(H,16,20). The first-order chi connectivity index (χ1) is 9.69. The molecule has 1 amide bonds. The van der Waals surface area contributed by atoms with Crippen LogP contribution in [-0.4, -0.2) is 55.1 Å². The van der Waals surface area contributed by atoms with Crippen molar-refractivity contribution in [1.29, 1.82) is 0 Å². The van der Waals surface area contributed by atoms with Gasteiger partial charge in [0, 0.05) is 43.4 Å². The first kappa shape index (κ1) is 15.0. The highest BCUT2D eigenvalue weighted by Crippen LogP contribution is 2.16. The molecule has 5 nitrogen and oxygen atoms in total. The molecule has 20 heavy (non-hydrogen) atoms. The van der Waals surface area contributed by atoms with E-state index >= 15 is 0 Å². The lowest BCUT2D eigenvalue weighted by Gasteiger charge is -2.34. The van der Waals surface area contributed by atoms with Gasteiger partial charge >= 0.3 is 0 Å². The number of piperazine rings is 1. The van der Waals surface area contributed by atoms with E-state index in [2.05, 4.69) is 42.6 Å². The Bertz CT molecular complexity index is 455. The van der Waals surface area contributed by atoms with Crippen LogP contribution in [0.1, 0.15) is 0 Å². The van der Waals surface area contributed by atoms with Crippen LogP contribution in [0.15, 0.2) is 35.5 Å². The molecule has 2 rings (SSSR count). The molecule has 1 aromatic heterocycles. The highest BCUT2D eigenvalue weighted by atomic mass is 79.9. The van der Waals surface area contributed by atoms with Crippen LogP contribution >= 0.6 is 15.9 Å². The Morgan fingerprint density at radius 1 is 1.40 bits per heavy atom. The van der Waals surface area contributed by atoms with E-state index in [4.69, 9.17) is 0 Å². The summed E-state index contributed by atoms with van der Waals surface area (Å²) in [6.45, 7) is 8.10. The van der Waals surface area contributed by atoms with Crippen LogP contribution in [0.2, 0.25) is 0 Å². The van der Waals surface area contributed by atoms with Gasteiger partial charge in [0.1, 0.15) is 5.82 Å². The van der Waals surface area contributed by atoms with E-state index in [1.54, 1.807) is 6.08 Å². The summed E-state index contributed by atoms with van der Waals surface area (Å²) in [5, 5.41) is 2.80. The molecule has 1 saturated heterocycles. The summed E-state index contributed by atoms with van der Waals surface area (Å²) in [6.07, 6.45) is 3.50. The normalized spacial score (nSPS) is 15.9. The van der Waals surface area contributed by atoms with Crippen molar-refractivity contribution in [3.8, 4) is 0 Å². The maximum Gasteiger partial charge on any atom is 0.234 e. The van der Waals surface area contributed by atoms with E-state index in [1.807, 2.05) is 18.3 Å². The van der Waals surface area contributed by atoms with Gasteiger partial charge in [-0.05, 0) is 28.1 Å². The van der Waals surface area contributed by atoms with Crippen molar-refractivity contribution >= 4 is 27.7 Å². The second-order valence-electron chi connectivity index (χ2n) is 4.69. The van der Waals surface area contributed by atoms with Crippen LogP contribution in [0.25, 0.3) is 0 Å². The van der Waals surface area contributed by atoms with Crippen molar-refractivity contribution in [2.24, 2.45) is 0 Å². The molecule has 1 aliphatic heterocycles. The average Bonchev–Trinajstić information content (AvgIpc) is 2.47. The zero-order valence-electron chi connectivity index (χ0n) is 11.4. The number of amides is 1. The molecule has 0 saturated carbocycles. The minimum Gasteiger partial charge on any atom is -0.354 e. The predicted molar refractivity (Wildman–Crippen MR) is 83.8 cm³/mol. The van der Waals surface area contributed by atoms with Gasteiger partial charge in [-0.2, -0.15) is 0 Å². The fourth-order valence-corrected chi connectivity index (χ4v) is 2.37. The van der Waals surface area contributed by atoms with Gasteiger partial charge in [0.2, 0.25) is 5.91 Å². The number of carbonyl (C=O) groups excluding carboxylic acids is 1. The first-order valence-corrected chi connectivity index (χ1v) is 7.45. The third-order valence-electron chi connectivity index (χ3n) is 3.22. The Morgan fingerprint density at radius 3 is 2.75 bits per heavy atom. The summed E-state index contributed by atoms with van der Waals surface area (Å²) in [5.74, 6) is 1.05. The molecule has 1 aliphatic rings. The molecule has 1 N–H and O–H groups in total. The maximum atomic E-state index is 11.6. The van der Waals surface area contributed by atoms with Crippen molar-refractivity contribution < 1.29 is 4.79 Å². The Balaban J connectivity index is 1.78. The summed E-state index contributed by atoms with van der Waals surface area (Å²) in [6, 6.07) is 4.01. The number of carbonyl (C=O) groups is 1. The van der Waals surface area contributed by atoms with E-state index in [1.165, 1.54) is 0 Å². The third-order valence-corrected chi connectivity index (χ3v) is 3.69. The van der Waals surface area contributed by atoms with Gasteiger partial charge in [0.05, 0.1) is 6.54 Å². The summed E-state index contributed by atoms with van der Waals surface area (Å²) in [7, 11) is 0. The number of hydrogen-bond donors (Lipinski definition) is 1. The van der Waals surface area contributed by atoms with Crippen molar-refractivity contribution in [3.63, 3.8) is 0 Å². The van der Waals surface area contributed by atoms with Crippen LogP contribution in [0, 0.1) is 0 Å². The molecular formula is C14H19BrN4O. The van der Waals surface area contributed by atoms with Crippen LogP contribution in [0.4, 0.5) is 5.82 Å². The van der Waals surface area contributed by atoms with Crippen LogP contribution in [-0.2, 0) is 4.79 Å². The zero-order valence-corrected chi connectivity index (χ0v) is 13.0. The molecule has 0 atom stereocenters. The summed E-state index contributed by atoms with van der Waals surface area (Å²) >= 11 is 3.39. The predicted octanol–water partition coefficient (Wildman–Crippen LogP) is 1.27. The molecule has 2 heterocycles. The van der Waals surface area contributed by atoms with Gasteiger partial charge in [-0.3, -0.25) is 9.69 Å². The second-order valence-corrected chi connectivity index (χ2v) is 5.61. The number of rotatable bonds is 5. The Hall–Kier alpha value is -1.40. The minimum atomic E-state index is 0.0557. The maximum absolute atomic E-state index is 11.6. The topological polar surface area (TPSA) is 48.5 Å². The number of aromatic nitrogens is 1. The lowest BCUT2D eigenvalue weighted by molar-refractivity contribution is -0.122. The minimum absolute atomic E-state index is 0.0557. The Morgan fingerprint density at radius 2 is 2.15 bits per heavy atom. The Kier molecular flexibility index (Phi) is 5.55.